The van der Waals surface area contributed by atoms with E-state index in [2.05, 4.69) is 10.6 Å². The third kappa shape index (κ3) is 4.60. The summed E-state index contributed by atoms with van der Waals surface area (Å²) in [6.45, 7) is 6.58. The van der Waals surface area contributed by atoms with Crippen molar-refractivity contribution in [2.24, 2.45) is 0 Å². The van der Waals surface area contributed by atoms with Crippen LogP contribution in [0.5, 0.6) is 11.5 Å². The predicted octanol–water partition coefficient (Wildman–Crippen LogP) is 3.01. The fraction of sp³-hybridized carbons (Fsp3) is 0.500. The van der Waals surface area contributed by atoms with Crippen LogP contribution in [0.4, 0.5) is 10.5 Å². The molecule has 0 aliphatic carbocycles. The zero-order valence-corrected chi connectivity index (χ0v) is 13.0. The Kier molecular flexibility index (Phi) is 4.67. The molecule has 1 heterocycles. The number of amides is 1. The second kappa shape index (κ2) is 6.30. The average molecular weight is 315 g/mol. The lowest BCUT2D eigenvalue weighted by Gasteiger charge is -2.19. The number of rotatable bonds is 4. The second-order valence-corrected chi connectivity index (χ2v) is 5.95. The normalized spacial score (nSPS) is 13.0. The fourth-order valence-corrected chi connectivity index (χ4v) is 1.95. The van der Waals surface area contributed by atoms with Gasteiger partial charge in [0, 0.05) is 25.2 Å². The first-order chi connectivity index (χ1) is 9.85. The Labute approximate surface area is 128 Å². The minimum absolute atomic E-state index is 0.204. The van der Waals surface area contributed by atoms with Crippen LogP contribution in [-0.4, -0.2) is 31.6 Å². The van der Waals surface area contributed by atoms with Gasteiger partial charge in [-0.15, -0.1) is 0 Å². The topological polar surface area (TPSA) is 68.8 Å². The third-order valence-corrected chi connectivity index (χ3v) is 2.88. The van der Waals surface area contributed by atoms with Gasteiger partial charge in [0.1, 0.15) is 5.60 Å². The van der Waals surface area contributed by atoms with E-state index in [1.165, 1.54) is 0 Å². The molecule has 2 N–H and O–H groups in total. The van der Waals surface area contributed by atoms with Crippen LogP contribution in [0, 0.1) is 0 Å². The Bertz CT molecular complexity index is 528. The van der Waals surface area contributed by atoms with Gasteiger partial charge in [0.05, 0.1) is 10.7 Å². The van der Waals surface area contributed by atoms with Gasteiger partial charge in [-0.25, -0.2) is 4.79 Å². The van der Waals surface area contributed by atoms with E-state index in [1.54, 1.807) is 12.1 Å². The number of carbonyl (C=O) groups is 1. The van der Waals surface area contributed by atoms with Crippen molar-refractivity contribution >= 4 is 23.4 Å². The standard InChI is InChI=1S/C14H19ClN2O4/c1-14(2,3)21-13(18)17-5-4-16-10-7-12-11(6-9(10)15)19-8-20-12/h6-7,16H,4-5,8H2,1-3H3,(H,17,18). The maximum Gasteiger partial charge on any atom is 0.407 e. The number of anilines is 1. The van der Waals surface area contributed by atoms with Crippen molar-refractivity contribution in [3.63, 3.8) is 0 Å². The summed E-state index contributed by atoms with van der Waals surface area (Å²) in [5, 5.41) is 6.32. The van der Waals surface area contributed by atoms with Crippen LogP contribution >= 0.6 is 11.6 Å². The summed E-state index contributed by atoms with van der Waals surface area (Å²) >= 11 is 6.13. The number of benzene rings is 1. The second-order valence-electron chi connectivity index (χ2n) is 5.54. The monoisotopic (exact) mass is 314 g/mol. The molecule has 1 aromatic rings. The maximum atomic E-state index is 11.5. The first kappa shape index (κ1) is 15.6. The molecule has 0 spiro atoms. The molecular formula is C14H19ClN2O4. The van der Waals surface area contributed by atoms with Crippen molar-refractivity contribution in [1.29, 1.82) is 0 Å². The smallest absolute Gasteiger partial charge is 0.407 e. The molecule has 0 saturated carbocycles. The van der Waals surface area contributed by atoms with Crippen LogP contribution in [0.1, 0.15) is 20.8 Å². The summed E-state index contributed by atoms with van der Waals surface area (Å²) in [7, 11) is 0. The highest BCUT2D eigenvalue weighted by Gasteiger charge is 2.17. The van der Waals surface area contributed by atoms with Crippen LogP contribution in [0.2, 0.25) is 5.02 Å². The molecule has 1 aromatic carbocycles. The van der Waals surface area contributed by atoms with Crippen molar-refractivity contribution in [3.8, 4) is 11.5 Å². The molecule has 2 rings (SSSR count). The summed E-state index contributed by atoms with van der Waals surface area (Å²) in [6.07, 6.45) is -0.443. The molecule has 0 fully saturated rings. The van der Waals surface area contributed by atoms with Crippen LogP contribution in [0.3, 0.4) is 0 Å². The van der Waals surface area contributed by atoms with Gasteiger partial charge < -0.3 is 24.8 Å². The van der Waals surface area contributed by atoms with Crippen LogP contribution in [0.25, 0.3) is 0 Å². The van der Waals surface area contributed by atoms with Gasteiger partial charge in [0.2, 0.25) is 6.79 Å². The highest BCUT2D eigenvalue weighted by molar-refractivity contribution is 6.33. The SMILES string of the molecule is CC(C)(C)OC(=O)NCCNc1cc2c(cc1Cl)OCO2. The molecule has 0 unspecified atom stereocenters. The molecule has 7 heteroatoms. The number of hydrogen-bond acceptors (Lipinski definition) is 5. The molecule has 0 bridgehead atoms. The number of nitrogens with one attached hydrogen (secondary N) is 2. The third-order valence-electron chi connectivity index (χ3n) is 2.57. The lowest BCUT2D eigenvalue weighted by Crippen LogP contribution is -2.35. The molecule has 6 nitrogen and oxygen atoms in total. The summed E-state index contributed by atoms with van der Waals surface area (Å²) in [4.78, 5) is 11.5. The number of fused-ring (bicyclic) bond motifs is 1. The van der Waals surface area contributed by atoms with E-state index in [1.807, 2.05) is 20.8 Å². The molecule has 116 valence electrons. The Morgan fingerprint density at radius 2 is 1.95 bits per heavy atom. The minimum Gasteiger partial charge on any atom is -0.454 e. The van der Waals surface area contributed by atoms with E-state index in [0.717, 1.165) is 5.69 Å². The maximum absolute atomic E-state index is 11.5. The fourth-order valence-electron chi connectivity index (χ4n) is 1.73. The van der Waals surface area contributed by atoms with Crippen molar-refractivity contribution in [2.75, 3.05) is 25.2 Å². The van der Waals surface area contributed by atoms with Gasteiger partial charge in [-0.1, -0.05) is 11.6 Å². The number of halogens is 1. The number of ether oxygens (including phenoxy) is 3. The van der Waals surface area contributed by atoms with Crippen molar-refractivity contribution < 1.29 is 19.0 Å². The van der Waals surface area contributed by atoms with E-state index < -0.39 is 11.7 Å². The average Bonchev–Trinajstić information content (AvgIpc) is 2.79. The Hall–Kier alpha value is -1.82. The first-order valence-corrected chi connectivity index (χ1v) is 7.03. The molecule has 0 atom stereocenters. The Morgan fingerprint density at radius 3 is 2.62 bits per heavy atom. The van der Waals surface area contributed by atoms with Gasteiger partial charge in [0.15, 0.2) is 11.5 Å². The molecule has 1 aliphatic rings. The Balaban J connectivity index is 1.78. The molecule has 0 aromatic heterocycles. The van der Waals surface area contributed by atoms with Crippen LogP contribution < -0.4 is 20.1 Å². The molecule has 0 saturated heterocycles. The lowest BCUT2D eigenvalue weighted by molar-refractivity contribution is 0.0530. The summed E-state index contributed by atoms with van der Waals surface area (Å²) < 4.78 is 15.6. The predicted molar refractivity (Wildman–Crippen MR) is 80.3 cm³/mol. The van der Waals surface area contributed by atoms with Crippen molar-refractivity contribution in [2.45, 2.75) is 26.4 Å². The van der Waals surface area contributed by atoms with E-state index in [0.29, 0.717) is 29.6 Å². The quantitative estimate of drug-likeness (QED) is 0.836. The molecule has 1 aliphatic heterocycles. The molecule has 1 amide bonds. The van der Waals surface area contributed by atoms with E-state index in [9.17, 15) is 4.79 Å². The molecule has 0 radical (unpaired) electrons. The Morgan fingerprint density at radius 1 is 1.29 bits per heavy atom. The van der Waals surface area contributed by atoms with Crippen LogP contribution in [-0.2, 0) is 4.74 Å². The van der Waals surface area contributed by atoms with Crippen molar-refractivity contribution in [1.82, 2.24) is 5.32 Å². The van der Waals surface area contributed by atoms with Crippen molar-refractivity contribution in [3.05, 3.63) is 17.2 Å². The van der Waals surface area contributed by atoms with Gasteiger partial charge in [-0.05, 0) is 20.8 Å². The van der Waals surface area contributed by atoms with Gasteiger partial charge in [-0.3, -0.25) is 0 Å². The minimum atomic E-state index is -0.502. The first-order valence-electron chi connectivity index (χ1n) is 6.65. The summed E-state index contributed by atoms with van der Waals surface area (Å²) in [5.74, 6) is 1.29. The molecular weight excluding hydrogens is 296 g/mol. The lowest BCUT2D eigenvalue weighted by atomic mass is 10.2. The zero-order valence-electron chi connectivity index (χ0n) is 12.3. The number of hydrogen-bond donors (Lipinski definition) is 2. The zero-order chi connectivity index (χ0) is 15.5. The molecule has 21 heavy (non-hydrogen) atoms. The van der Waals surface area contributed by atoms with Gasteiger partial charge in [-0.2, -0.15) is 0 Å². The highest BCUT2D eigenvalue weighted by Crippen LogP contribution is 2.39. The highest BCUT2D eigenvalue weighted by atomic mass is 35.5. The largest absolute Gasteiger partial charge is 0.454 e. The van der Waals surface area contributed by atoms with E-state index >= 15 is 0 Å². The van der Waals surface area contributed by atoms with Crippen LogP contribution in [0.15, 0.2) is 12.1 Å². The van der Waals surface area contributed by atoms with E-state index in [-0.39, 0.29) is 6.79 Å². The van der Waals surface area contributed by atoms with E-state index in [4.69, 9.17) is 25.8 Å². The van der Waals surface area contributed by atoms with Gasteiger partial charge in [0.25, 0.3) is 0 Å². The number of carbonyl (C=O) groups excluding carboxylic acids is 1. The summed E-state index contributed by atoms with van der Waals surface area (Å²) in [6, 6.07) is 3.48. The number of alkyl carbamates (subject to hydrolysis) is 1. The summed E-state index contributed by atoms with van der Waals surface area (Å²) in [5.41, 5.74) is 0.227. The van der Waals surface area contributed by atoms with Gasteiger partial charge >= 0.3 is 6.09 Å².